The molecule has 0 N–H and O–H groups in total. The fourth-order valence-electron chi connectivity index (χ4n) is 2.31. The number of hydrogen-bond donors (Lipinski definition) is 0. The Labute approximate surface area is 120 Å². The van der Waals surface area contributed by atoms with Crippen molar-refractivity contribution in [3.05, 3.63) is 78.9 Å². The molecule has 1 atom stereocenters. The Hall–Kier alpha value is -1.87. The van der Waals surface area contributed by atoms with Crippen LogP contribution in [0.4, 0.5) is 0 Å². The van der Waals surface area contributed by atoms with Gasteiger partial charge in [-0.25, -0.2) is 8.42 Å². The highest BCUT2D eigenvalue weighted by atomic mass is 32.2. The molecule has 0 heterocycles. The van der Waals surface area contributed by atoms with E-state index in [9.17, 15) is 8.42 Å². The van der Waals surface area contributed by atoms with Gasteiger partial charge in [-0.2, -0.15) is 0 Å². The molecule has 20 heavy (non-hydrogen) atoms. The van der Waals surface area contributed by atoms with Gasteiger partial charge in [0, 0.05) is 0 Å². The topological polar surface area (TPSA) is 34.1 Å². The molecule has 0 spiro atoms. The fraction of sp³-hybridized carbons (Fsp3) is 0.176. The van der Waals surface area contributed by atoms with E-state index in [0.29, 0.717) is 11.3 Å². The molecule has 0 aliphatic carbocycles. The van der Waals surface area contributed by atoms with E-state index in [1.165, 1.54) is 0 Å². The summed E-state index contributed by atoms with van der Waals surface area (Å²) in [4.78, 5) is 0.341. The fourth-order valence-corrected chi connectivity index (χ4v) is 4.13. The van der Waals surface area contributed by atoms with Crippen molar-refractivity contribution < 1.29 is 8.42 Å². The lowest BCUT2D eigenvalue weighted by molar-refractivity contribution is 0.540. The van der Waals surface area contributed by atoms with Crippen molar-refractivity contribution >= 4 is 9.84 Å². The second kappa shape index (κ2) is 5.63. The van der Waals surface area contributed by atoms with Crippen LogP contribution in [0.1, 0.15) is 18.9 Å². The van der Waals surface area contributed by atoms with Crippen molar-refractivity contribution in [1.82, 2.24) is 0 Å². The van der Waals surface area contributed by atoms with E-state index < -0.39 is 14.6 Å². The van der Waals surface area contributed by atoms with Gasteiger partial charge in [0.15, 0.2) is 9.84 Å². The summed E-state index contributed by atoms with van der Waals surface area (Å²) >= 11 is 0. The van der Waals surface area contributed by atoms with E-state index >= 15 is 0 Å². The molecule has 2 rings (SSSR count). The van der Waals surface area contributed by atoms with E-state index in [1.807, 2.05) is 36.4 Å². The summed E-state index contributed by atoms with van der Waals surface area (Å²) in [6, 6.07) is 17.9. The summed E-state index contributed by atoms with van der Waals surface area (Å²) in [5.41, 5.74) is 0.781. The lowest BCUT2D eigenvalue weighted by Crippen LogP contribution is -2.32. The summed E-state index contributed by atoms with van der Waals surface area (Å²) < 4.78 is 25.0. The van der Waals surface area contributed by atoms with Crippen LogP contribution in [0, 0.1) is 0 Å². The first kappa shape index (κ1) is 14.5. The van der Waals surface area contributed by atoms with Crippen LogP contribution in [0.3, 0.4) is 0 Å². The minimum Gasteiger partial charge on any atom is -0.223 e. The first-order valence-corrected chi connectivity index (χ1v) is 7.97. The van der Waals surface area contributed by atoms with Crippen molar-refractivity contribution in [2.45, 2.75) is 23.0 Å². The summed E-state index contributed by atoms with van der Waals surface area (Å²) in [6.45, 7) is 5.47. The average molecular weight is 286 g/mol. The molecular formula is C17H18O2S. The van der Waals surface area contributed by atoms with Crippen LogP contribution in [0.15, 0.2) is 78.2 Å². The van der Waals surface area contributed by atoms with Gasteiger partial charge in [-0.1, -0.05) is 54.6 Å². The zero-order valence-corrected chi connectivity index (χ0v) is 12.3. The van der Waals surface area contributed by atoms with Gasteiger partial charge in [-0.05, 0) is 31.0 Å². The SMILES string of the molecule is C=CCC(C)(c1ccccc1)S(=O)(=O)c1ccccc1. The quantitative estimate of drug-likeness (QED) is 0.780. The van der Waals surface area contributed by atoms with Gasteiger partial charge < -0.3 is 0 Å². The highest BCUT2D eigenvalue weighted by Gasteiger charge is 2.40. The monoisotopic (exact) mass is 286 g/mol. The van der Waals surface area contributed by atoms with Crippen molar-refractivity contribution in [2.75, 3.05) is 0 Å². The third kappa shape index (κ3) is 2.41. The maximum Gasteiger partial charge on any atom is 0.188 e. The highest BCUT2D eigenvalue weighted by Crippen LogP contribution is 2.38. The number of benzene rings is 2. The predicted octanol–water partition coefficient (Wildman–Crippen LogP) is 3.95. The molecule has 3 heteroatoms. The second-order valence-electron chi connectivity index (χ2n) is 4.91. The summed E-state index contributed by atoms with van der Waals surface area (Å²) in [5, 5.41) is 0. The zero-order valence-electron chi connectivity index (χ0n) is 11.5. The second-order valence-corrected chi connectivity index (χ2v) is 7.29. The lowest BCUT2D eigenvalue weighted by Gasteiger charge is -2.29. The molecule has 0 saturated carbocycles. The average Bonchev–Trinajstić information content (AvgIpc) is 2.49. The molecule has 2 aromatic carbocycles. The molecule has 2 nitrogen and oxygen atoms in total. The predicted molar refractivity (Wildman–Crippen MR) is 82.2 cm³/mol. The Morgan fingerprint density at radius 3 is 2.00 bits per heavy atom. The Balaban J connectivity index is 2.62. The number of allylic oxidation sites excluding steroid dienone is 1. The van der Waals surface area contributed by atoms with Crippen LogP contribution in [0.5, 0.6) is 0 Å². The van der Waals surface area contributed by atoms with E-state index in [0.717, 1.165) is 5.56 Å². The Bertz CT molecular complexity index is 675. The first-order chi connectivity index (χ1) is 9.52. The summed E-state index contributed by atoms with van der Waals surface area (Å²) in [6.07, 6.45) is 2.03. The molecule has 0 aliphatic rings. The normalized spacial score (nSPS) is 14.4. The van der Waals surface area contributed by atoms with Gasteiger partial charge in [0.05, 0.1) is 4.90 Å². The van der Waals surface area contributed by atoms with Gasteiger partial charge in [-0.15, -0.1) is 6.58 Å². The van der Waals surface area contributed by atoms with Crippen LogP contribution >= 0.6 is 0 Å². The van der Waals surface area contributed by atoms with E-state index in [-0.39, 0.29) is 0 Å². The maximum atomic E-state index is 13.0. The minimum atomic E-state index is -3.49. The maximum absolute atomic E-state index is 13.0. The number of sulfone groups is 1. The molecule has 0 amide bonds. The molecule has 0 radical (unpaired) electrons. The summed E-state index contributed by atoms with van der Waals surface area (Å²) in [7, 11) is -3.49. The standard InChI is InChI=1S/C17H18O2S/c1-3-14-17(2,15-10-6-4-7-11-15)20(18,19)16-12-8-5-9-13-16/h3-13H,1,14H2,2H3. The minimum absolute atomic E-state index is 0.341. The van der Waals surface area contributed by atoms with Gasteiger partial charge in [0.2, 0.25) is 0 Å². The zero-order chi connectivity index (χ0) is 14.6. The van der Waals surface area contributed by atoms with Crippen LogP contribution in [0.2, 0.25) is 0 Å². The molecule has 0 saturated heterocycles. The molecule has 2 aromatic rings. The van der Waals surface area contributed by atoms with E-state index in [4.69, 9.17) is 0 Å². The third-order valence-corrected chi connectivity index (χ3v) is 6.05. The van der Waals surface area contributed by atoms with Crippen molar-refractivity contribution in [3.63, 3.8) is 0 Å². The summed E-state index contributed by atoms with van der Waals surface area (Å²) in [5.74, 6) is 0. The Kier molecular flexibility index (Phi) is 4.09. The molecule has 104 valence electrons. The van der Waals surface area contributed by atoms with Crippen LogP contribution in [0.25, 0.3) is 0 Å². The molecule has 0 bridgehead atoms. The molecule has 0 aromatic heterocycles. The number of hydrogen-bond acceptors (Lipinski definition) is 2. The molecule has 0 fully saturated rings. The smallest absolute Gasteiger partial charge is 0.188 e. The van der Waals surface area contributed by atoms with Gasteiger partial charge in [0.1, 0.15) is 4.75 Å². The van der Waals surface area contributed by atoms with Gasteiger partial charge in [-0.3, -0.25) is 0 Å². The van der Waals surface area contributed by atoms with Gasteiger partial charge in [0.25, 0.3) is 0 Å². The largest absolute Gasteiger partial charge is 0.223 e. The van der Waals surface area contributed by atoms with E-state index in [2.05, 4.69) is 6.58 Å². The van der Waals surface area contributed by atoms with E-state index in [1.54, 1.807) is 37.3 Å². The molecule has 0 aliphatic heterocycles. The van der Waals surface area contributed by atoms with Crippen LogP contribution in [-0.2, 0) is 14.6 Å². The first-order valence-electron chi connectivity index (χ1n) is 6.48. The molecular weight excluding hydrogens is 268 g/mol. The Morgan fingerprint density at radius 2 is 1.50 bits per heavy atom. The van der Waals surface area contributed by atoms with Crippen LogP contribution in [-0.4, -0.2) is 8.42 Å². The van der Waals surface area contributed by atoms with Crippen molar-refractivity contribution in [1.29, 1.82) is 0 Å². The van der Waals surface area contributed by atoms with Crippen molar-refractivity contribution in [2.24, 2.45) is 0 Å². The van der Waals surface area contributed by atoms with Gasteiger partial charge >= 0.3 is 0 Å². The number of rotatable bonds is 5. The highest BCUT2D eigenvalue weighted by molar-refractivity contribution is 7.92. The Morgan fingerprint density at radius 1 is 1.00 bits per heavy atom. The van der Waals surface area contributed by atoms with Crippen molar-refractivity contribution in [3.8, 4) is 0 Å². The third-order valence-electron chi connectivity index (χ3n) is 3.56. The molecule has 1 unspecified atom stereocenters. The lowest BCUT2D eigenvalue weighted by atomic mass is 9.97. The van der Waals surface area contributed by atoms with Crippen LogP contribution < -0.4 is 0 Å².